The molecule has 0 spiro atoms. The average molecular weight is 388 g/mol. The van der Waals surface area contributed by atoms with Crippen LogP contribution < -0.4 is 11.2 Å². The summed E-state index contributed by atoms with van der Waals surface area (Å²) in [7, 11) is -8.75. The van der Waals surface area contributed by atoms with Crippen LogP contribution in [-0.2, 0) is 25.1 Å². The topological polar surface area (TPSA) is 188 Å². The first kappa shape index (κ1) is 20.9. The molecule has 14 heteroatoms. The van der Waals surface area contributed by atoms with Crippen molar-refractivity contribution in [3.63, 3.8) is 0 Å². The van der Waals surface area contributed by atoms with Crippen molar-refractivity contribution >= 4 is 15.2 Å². The molecule has 0 saturated carbocycles. The fraction of sp³-hybridized carbons (Fsp3) is 0.600. The van der Waals surface area contributed by atoms with Crippen LogP contribution >= 0.6 is 15.2 Å². The van der Waals surface area contributed by atoms with Crippen molar-refractivity contribution in [2.45, 2.75) is 6.54 Å². The number of hydrogen-bond acceptors (Lipinski definition) is 6. The quantitative estimate of drug-likeness (QED) is 0.294. The number of aromatic amines is 1. The summed E-state index contributed by atoms with van der Waals surface area (Å²) in [6.07, 6.45) is -0.481. The van der Waals surface area contributed by atoms with Crippen LogP contribution in [0.3, 0.4) is 0 Å². The minimum absolute atomic E-state index is 0.0576. The number of nitrogens with one attached hydrogen (secondary N) is 1. The summed E-state index contributed by atoms with van der Waals surface area (Å²) in [5.74, 6) is -0.647. The van der Waals surface area contributed by atoms with Gasteiger partial charge in [0.15, 0.2) is 0 Å². The highest BCUT2D eigenvalue weighted by Crippen LogP contribution is 2.35. The molecule has 12 nitrogen and oxygen atoms in total. The molecule has 0 fully saturated rings. The molecule has 1 rings (SSSR count). The van der Waals surface area contributed by atoms with Gasteiger partial charge in [-0.05, 0) is 0 Å². The van der Waals surface area contributed by atoms with Gasteiger partial charge in [0.25, 0.3) is 5.56 Å². The second kappa shape index (κ2) is 8.84. The van der Waals surface area contributed by atoms with Gasteiger partial charge in [0, 0.05) is 24.7 Å². The fourth-order valence-electron chi connectivity index (χ4n) is 1.70. The zero-order valence-corrected chi connectivity index (χ0v) is 14.1. The number of nitrogens with zero attached hydrogens (tertiary/aromatic N) is 1. The summed E-state index contributed by atoms with van der Waals surface area (Å²) in [4.78, 5) is 59.6. The summed E-state index contributed by atoms with van der Waals surface area (Å²) < 4.78 is 32.3. The monoisotopic (exact) mass is 388 g/mol. The Balaban J connectivity index is 2.71. The Morgan fingerprint density at radius 1 is 1.04 bits per heavy atom. The van der Waals surface area contributed by atoms with Crippen LogP contribution in [0.25, 0.3) is 0 Å². The first-order valence-electron chi connectivity index (χ1n) is 6.51. The molecule has 138 valence electrons. The standard InChI is InChI=1S/C10H18N2O10P2/c13-9-1-2-12(10(14)11-9)3-8(4-21-6-23(15,16)17)5-22-7-24(18,19)20/h1-2,8H,3-7H2,(H,11,13,14)(H2,15,16,17)(H2,18,19,20). The maximum absolute atomic E-state index is 11.6. The molecule has 0 aliphatic heterocycles. The van der Waals surface area contributed by atoms with Crippen molar-refractivity contribution in [2.24, 2.45) is 5.92 Å². The van der Waals surface area contributed by atoms with E-state index in [0.717, 1.165) is 10.6 Å². The number of hydrogen-bond donors (Lipinski definition) is 5. The molecule has 24 heavy (non-hydrogen) atoms. The Hall–Kier alpha value is -1.10. The first-order valence-corrected chi connectivity index (χ1v) is 10.1. The second-order valence-electron chi connectivity index (χ2n) is 4.96. The molecule has 0 aromatic carbocycles. The lowest BCUT2D eigenvalue weighted by molar-refractivity contribution is 0.0520. The van der Waals surface area contributed by atoms with E-state index in [2.05, 4.69) is 0 Å². The van der Waals surface area contributed by atoms with Crippen molar-refractivity contribution in [1.82, 2.24) is 9.55 Å². The number of ether oxygens (including phenoxy) is 2. The highest BCUT2D eigenvalue weighted by molar-refractivity contribution is 7.51. The molecule has 0 atom stereocenters. The molecule has 0 amide bonds. The summed E-state index contributed by atoms with van der Waals surface area (Å²) in [6, 6.07) is 1.10. The number of aromatic nitrogens is 2. The minimum Gasteiger partial charge on any atom is -0.368 e. The molecule has 0 saturated heterocycles. The average Bonchev–Trinajstić information content (AvgIpc) is 2.38. The Bertz CT molecular complexity index is 704. The fourth-order valence-corrected chi connectivity index (χ4v) is 2.38. The number of H-pyrrole nitrogens is 1. The van der Waals surface area contributed by atoms with Crippen molar-refractivity contribution in [2.75, 3.05) is 25.9 Å². The van der Waals surface area contributed by atoms with Crippen molar-refractivity contribution in [3.05, 3.63) is 33.1 Å². The molecule has 1 aromatic rings. The molecular weight excluding hydrogens is 370 g/mol. The van der Waals surface area contributed by atoms with Gasteiger partial charge in [0.2, 0.25) is 0 Å². The maximum atomic E-state index is 11.6. The van der Waals surface area contributed by atoms with Gasteiger partial charge in [0.1, 0.15) is 12.7 Å². The highest BCUT2D eigenvalue weighted by Gasteiger charge is 2.19. The van der Waals surface area contributed by atoms with Crippen LogP contribution in [0.4, 0.5) is 0 Å². The van der Waals surface area contributed by atoms with E-state index in [1.807, 2.05) is 4.98 Å². The molecule has 0 aliphatic carbocycles. The molecule has 5 N–H and O–H groups in total. The van der Waals surface area contributed by atoms with Gasteiger partial charge in [-0.15, -0.1) is 0 Å². The van der Waals surface area contributed by atoms with Crippen LogP contribution in [-0.4, -0.2) is 55.0 Å². The Labute approximate surface area is 135 Å². The predicted octanol–water partition coefficient (Wildman–Crippen LogP) is -1.54. The lowest BCUT2D eigenvalue weighted by Crippen LogP contribution is -2.33. The lowest BCUT2D eigenvalue weighted by atomic mass is 10.2. The second-order valence-corrected chi connectivity index (χ2v) is 8.13. The molecule has 1 aromatic heterocycles. The smallest absolute Gasteiger partial charge is 0.350 e. The molecule has 0 bridgehead atoms. The number of rotatable bonds is 10. The minimum atomic E-state index is -4.38. The van der Waals surface area contributed by atoms with E-state index in [1.54, 1.807) is 0 Å². The Morgan fingerprint density at radius 3 is 1.96 bits per heavy atom. The zero-order chi connectivity index (χ0) is 18.4. The molecular formula is C10H18N2O10P2. The van der Waals surface area contributed by atoms with Gasteiger partial charge < -0.3 is 33.6 Å². The zero-order valence-electron chi connectivity index (χ0n) is 12.3. The SMILES string of the molecule is O=c1ccn(CC(COCP(=O)(O)O)COCP(=O)(O)O)c(=O)[nH]1. The third kappa shape index (κ3) is 9.26. The molecule has 0 radical (unpaired) electrons. The first-order chi connectivity index (χ1) is 11.0. The summed E-state index contributed by atoms with van der Waals surface area (Å²) in [6.45, 7) is -0.534. The summed E-state index contributed by atoms with van der Waals surface area (Å²) in [5.41, 5.74) is -1.30. The Kier molecular flexibility index (Phi) is 7.71. The van der Waals surface area contributed by atoms with E-state index in [4.69, 9.17) is 29.0 Å². The third-order valence-corrected chi connectivity index (χ3v) is 3.62. The van der Waals surface area contributed by atoms with Crippen LogP contribution in [0.5, 0.6) is 0 Å². The van der Waals surface area contributed by atoms with Gasteiger partial charge in [-0.25, -0.2) is 4.79 Å². The maximum Gasteiger partial charge on any atom is 0.350 e. The molecule has 1 heterocycles. The summed E-state index contributed by atoms with van der Waals surface area (Å²) >= 11 is 0. The van der Waals surface area contributed by atoms with E-state index in [-0.39, 0.29) is 19.8 Å². The van der Waals surface area contributed by atoms with E-state index in [0.29, 0.717) is 0 Å². The van der Waals surface area contributed by atoms with Crippen molar-refractivity contribution in [1.29, 1.82) is 0 Å². The summed E-state index contributed by atoms with van der Waals surface area (Å²) in [5, 5.41) is 0. The van der Waals surface area contributed by atoms with E-state index >= 15 is 0 Å². The predicted molar refractivity (Wildman–Crippen MR) is 80.5 cm³/mol. The largest absolute Gasteiger partial charge is 0.368 e. The normalized spacial score (nSPS) is 12.7. The lowest BCUT2D eigenvalue weighted by Gasteiger charge is -2.18. The van der Waals surface area contributed by atoms with Crippen LogP contribution in [0.1, 0.15) is 0 Å². The third-order valence-electron chi connectivity index (χ3n) is 2.58. The van der Waals surface area contributed by atoms with Gasteiger partial charge in [-0.2, -0.15) is 0 Å². The van der Waals surface area contributed by atoms with E-state index in [9.17, 15) is 18.7 Å². The van der Waals surface area contributed by atoms with Crippen molar-refractivity contribution in [3.8, 4) is 0 Å². The van der Waals surface area contributed by atoms with Gasteiger partial charge in [0.05, 0.1) is 13.2 Å². The van der Waals surface area contributed by atoms with Crippen LogP contribution in [0.2, 0.25) is 0 Å². The van der Waals surface area contributed by atoms with Crippen LogP contribution in [0, 0.1) is 5.92 Å². The van der Waals surface area contributed by atoms with Crippen molar-refractivity contribution < 1.29 is 38.2 Å². The van der Waals surface area contributed by atoms with E-state index < -0.39 is 45.1 Å². The molecule has 0 unspecified atom stereocenters. The molecule has 0 aliphatic rings. The van der Waals surface area contributed by atoms with E-state index in [1.165, 1.54) is 6.20 Å². The Morgan fingerprint density at radius 2 is 1.54 bits per heavy atom. The highest BCUT2D eigenvalue weighted by atomic mass is 31.2. The van der Waals surface area contributed by atoms with Gasteiger partial charge >= 0.3 is 20.9 Å². The van der Waals surface area contributed by atoms with Gasteiger partial charge in [-0.1, -0.05) is 0 Å². The van der Waals surface area contributed by atoms with Gasteiger partial charge in [-0.3, -0.25) is 18.9 Å². The van der Waals surface area contributed by atoms with Crippen LogP contribution in [0.15, 0.2) is 21.9 Å².